The number of fused-ring (bicyclic) bond motifs is 1. The third-order valence-electron chi connectivity index (χ3n) is 8.36. The molecule has 4 rings (SSSR count). The van der Waals surface area contributed by atoms with E-state index in [1.165, 1.54) is 88.3 Å². The van der Waals surface area contributed by atoms with Crippen LogP contribution in [0.25, 0.3) is 0 Å². The summed E-state index contributed by atoms with van der Waals surface area (Å²) in [5, 5.41) is 0. The highest BCUT2D eigenvalue weighted by atomic mass is 19.4. The summed E-state index contributed by atoms with van der Waals surface area (Å²) in [6, 6.07) is 6.57. The quantitative estimate of drug-likeness (QED) is 0.489. The van der Waals surface area contributed by atoms with Gasteiger partial charge in [-0.05, 0) is 111 Å². The minimum atomic E-state index is -4.62. The Morgan fingerprint density at radius 3 is 1.93 bits per heavy atom. The predicted octanol–water partition coefficient (Wildman–Crippen LogP) is 8.10. The zero-order valence-corrected chi connectivity index (χ0v) is 17.6. The number of benzene rings is 1. The van der Waals surface area contributed by atoms with Crippen LogP contribution in [0.4, 0.5) is 13.2 Å². The van der Waals surface area contributed by atoms with Crippen LogP contribution in [0.3, 0.4) is 0 Å². The average molecular weight is 409 g/mol. The number of halogens is 3. The molecule has 3 fully saturated rings. The van der Waals surface area contributed by atoms with Crippen molar-refractivity contribution in [3.63, 3.8) is 0 Å². The molecule has 0 bridgehead atoms. The van der Waals surface area contributed by atoms with Crippen molar-refractivity contribution in [1.82, 2.24) is 0 Å². The first-order valence-electron chi connectivity index (χ1n) is 11.8. The molecule has 0 spiro atoms. The van der Waals surface area contributed by atoms with E-state index in [-0.39, 0.29) is 5.75 Å². The van der Waals surface area contributed by atoms with Crippen molar-refractivity contribution in [2.45, 2.75) is 89.8 Å². The summed E-state index contributed by atoms with van der Waals surface area (Å²) in [5.41, 5.74) is 1.17. The topological polar surface area (TPSA) is 9.23 Å². The minimum absolute atomic E-state index is 0.121. The van der Waals surface area contributed by atoms with Gasteiger partial charge in [0.25, 0.3) is 0 Å². The Morgan fingerprint density at radius 2 is 1.31 bits per heavy atom. The number of hydrogen-bond acceptors (Lipinski definition) is 1. The fourth-order valence-electron chi connectivity index (χ4n) is 6.69. The third-order valence-corrected chi connectivity index (χ3v) is 8.36. The molecular weight excluding hydrogens is 373 g/mol. The molecular formula is C25H35F3O. The van der Waals surface area contributed by atoms with Gasteiger partial charge in [0.05, 0.1) is 0 Å². The number of rotatable bonds is 4. The summed E-state index contributed by atoms with van der Waals surface area (Å²) >= 11 is 0. The summed E-state index contributed by atoms with van der Waals surface area (Å²) in [7, 11) is 0. The standard InChI is InChI=1S/C25H35F3O/c1-2-17-3-4-23-16-22(10-9-21(23)15-17)20-7-5-18(6-8-20)19-11-13-24(14-12-19)29-25(26,27)28/h11-14,17-18,20-23H,2-10,15-16H2,1H3. The van der Waals surface area contributed by atoms with E-state index < -0.39 is 6.36 Å². The first kappa shape index (κ1) is 21.1. The molecule has 0 aromatic heterocycles. The molecule has 1 aromatic rings. The molecule has 0 aliphatic heterocycles. The van der Waals surface area contributed by atoms with Crippen molar-refractivity contribution in [3.8, 4) is 5.75 Å². The predicted molar refractivity (Wildman–Crippen MR) is 110 cm³/mol. The van der Waals surface area contributed by atoms with Crippen LogP contribution in [-0.2, 0) is 0 Å². The largest absolute Gasteiger partial charge is 0.573 e. The number of ether oxygens (including phenoxy) is 1. The van der Waals surface area contributed by atoms with Crippen LogP contribution in [0.1, 0.15) is 89.0 Å². The molecule has 1 nitrogen and oxygen atoms in total. The molecule has 4 unspecified atom stereocenters. The highest BCUT2D eigenvalue weighted by molar-refractivity contribution is 5.29. The lowest BCUT2D eigenvalue weighted by Gasteiger charge is -2.45. The van der Waals surface area contributed by atoms with Gasteiger partial charge in [-0.25, -0.2) is 0 Å². The molecule has 29 heavy (non-hydrogen) atoms. The van der Waals surface area contributed by atoms with Crippen LogP contribution in [0.15, 0.2) is 24.3 Å². The van der Waals surface area contributed by atoms with Gasteiger partial charge in [0.2, 0.25) is 0 Å². The molecule has 0 heterocycles. The number of hydrogen-bond donors (Lipinski definition) is 0. The Hall–Kier alpha value is -1.19. The summed E-state index contributed by atoms with van der Waals surface area (Å²) < 4.78 is 41.0. The molecule has 0 N–H and O–H groups in total. The molecule has 3 saturated carbocycles. The molecule has 3 aliphatic carbocycles. The maximum atomic E-state index is 12.3. The fraction of sp³-hybridized carbons (Fsp3) is 0.760. The monoisotopic (exact) mass is 408 g/mol. The van der Waals surface area contributed by atoms with E-state index in [9.17, 15) is 13.2 Å². The van der Waals surface area contributed by atoms with Gasteiger partial charge >= 0.3 is 6.36 Å². The van der Waals surface area contributed by atoms with Crippen molar-refractivity contribution >= 4 is 0 Å². The first-order chi connectivity index (χ1) is 13.9. The summed E-state index contributed by atoms with van der Waals surface area (Å²) in [4.78, 5) is 0. The maximum Gasteiger partial charge on any atom is 0.573 e. The van der Waals surface area contributed by atoms with Crippen molar-refractivity contribution in [1.29, 1.82) is 0 Å². The van der Waals surface area contributed by atoms with Crippen LogP contribution in [-0.4, -0.2) is 6.36 Å². The summed E-state index contributed by atoms with van der Waals surface area (Å²) in [5.74, 6) is 5.11. The van der Waals surface area contributed by atoms with E-state index in [4.69, 9.17) is 0 Å². The molecule has 1 aromatic carbocycles. The van der Waals surface area contributed by atoms with E-state index in [1.807, 2.05) is 12.1 Å². The summed E-state index contributed by atoms with van der Waals surface area (Å²) in [6.07, 6.45) is 10.4. The van der Waals surface area contributed by atoms with Gasteiger partial charge in [-0.1, -0.05) is 31.9 Å². The van der Waals surface area contributed by atoms with Gasteiger partial charge in [0, 0.05) is 0 Å². The fourth-order valence-corrected chi connectivity index (χ4v) is 6.69. The normalized spacial score (nSPS) is 35.7. The van der Waals surface area contributed by atoms with Crippen LogP contribution in [0.5, 0.6) is 5.75 Å². The zero-order valence-electron chi connectivity index (χ0n) is 17.6. The second-order valence-corrected chi connectivity index (χ2v) is 9.91. The van der Waals surface area contributed by atoms with E-state index in [1.54, 1.807) is 0 Å². The van der Waals surface area contributed by atoms with E-state index >= 15 is 0 Å². The Balaban J connectivity index is 1.27. The van der Waals surface area contributed by atoms with Gasteiger partial charge in [-0.15, -0.1) is 13.2 Å². The molecule has 3 aliphatic rings. The lowest BCUT2D eigenvalue weighted by molar-refractivity contribution is -0.274. The second kappa shape index (κ2) is 8.89. The third kappa shape index (κ3) is 5.30. The Kier molecular flexibility index (Phi) is 6.46. The van der Waals surface area contributed by atoms with Crippen LogP contribution in [0.2, 0.25) is 0 Å². The van der Waals surface area contributed by atoms with Gasteiger partial charge in [-0.3, -0.25) is 0 Å². The molecule has 4 atom stereocenters. The molecule has 4 heteroatoms. The van der Waals surface area contributed by atoms with Crippen molar-refractivity contribution in [2.24, 2.45) is 29.6 Å². The van der Waals surface area contributed by atoms with E-state index in [2.05, 4.69) is 11.7 Å². The first-order valence-corrected chi connectivity index (χ1v) is 11.8. The highest BCUT2D eigenvalue weighted by Gasteiger charge is 2.38. The Labute approximate surface area is 173 Å². The Bertz CT molecular complexity index is 645. The van der Waals surface area contributed by atoms with Crippen LogP contribution < -0.4 is 4.74 Å². The molecule has 162 valence electrons. The minimum Gasteiger partial charge on any atom is -0.406 e. The smallest absolute Gasteiger partial charge is 0.406 e. The van der Waals surface area contributed by atoms with Crippen molar-refractivity contribution < 1.29 is 17.9 Å². The van der Waals surface area contributed by atoms with Gasteiger partial charge < -0.3 is 4.74 Å². The van der Waals surface area contributed by atoms with Crippen molar-refractivity contribution in [2.75, 3.05) is 0 Å². The van der Waals surface area contributed by atoms with Crippen LogP contribution in [0, 0.1) is 29.6 Å². The van der Waals surface area contributed by atoms with Crippen molar-refractivity contribution in [3.05, 3.63) is 29.8 Å². The lowest BCUT2D eigenvalue weighted by Crippen LogP contribution is -2.34. The maximum absolute atomic E-state index is 12.3. The van der Waals surface area contributed by atoms with E-state index in [0.717, 1.165) is 29.6 Å². The second-order valence-electron chi connectivity index (χ2n) is 9.91. The zero-order chi connectivity index (χ0) is 20.4. The molecule has 0 amide bonds. The molecule has 0 saturated heterocycles. The van der Waals surface area contributed by atoms with Gasteiger partial charge in [0.1, 0.15) is 5.75 Å². The number of alkyl halides is 3. The summed E-state index contributed by atoms with van der Waals surface area (Å²) in [6.45, 7) is 2.35. The lowest BCUT2D eigenvalue weighted by atomic mass is 9.60. The van der Waals surface area contributed by atoms with Crippen LogP contribution >= 0.6 is 0 Å². The van der Waals surface area contributed by atoms with E-state index in [0.29, 0.717) is 5.92 Å². The highest BCUT2D eigenvalue weighted by Crippen LogP contribution is 2.50. The Morgan fingerprint density at radius 1 is 0.759 bits per heavy atom. The molecule has 0 radical (unpaired) electrons. The van der Waals surface area contributed by atoms with Gasteiger partial charge in [-0.2, -0.15) is 0 Å². The SMILES string of the molecule is CCC1CCC2CC(C3CCC(c4ccc(OC(F)(F)F)cc4)CC3)CCC2C1. The van der Waals surface area contributed by atoms with Gasteiger partial charge in [0.15, 0.2) is 0 Å². The average Bonchev–Trinajstić information content (AvgIpc) is 2.72.